The van der Waals surface area contributed by atoms with E-state index in [1.54, 1.807) is 36.2 Å². The van der Waals surface area contributed by atoms with E-state index in [2.05, 4.69) is 20.8 Å². The molecule has 2 N–H and O–H groups in total. The fourth-order valence-corrected chi connectivity index (χ4v) is 2.96. The Morgan fingerprint density at radius 3 is 2.33 bits per heavy atom. The van der Waals surface area contributed by atoms with Crippen molar-refractivity contribution >= 4 is 17.6 Å². The van der Waals surface area contributed by atoms with E-state index in [1.165, 1.54) is 0 Å². The van der Waals surface area contributed by atoms with Gasteiger partial charge in [0.15, 0.2) is 5.82 Å². The Morgan fingerprint density at radius 1 is 0.970 bits per heavy atom. The fourth-order valence-electron chi connectivity index (χ4n) is 2.96. The summed E-state index contributed by atoms with van der Waals surface area (Å²) in [5, 5.41) is 9.74. The van der Waals surface area contributed by atoms with Crippen molar-refractivity contribution < 1.29 is 14.1 Å². The van der Waals surface area contributed by atoms with Gasteiger partial charge in [0, 0.05) is 49.9 Å². The highest BCUT2D eigenvalue weighted by Gasteiger charge is 2.13. The van der Waals surface area contributed by atoms with Crippen LogP contribution in [0, 0.1) is 6.92 Å². The van der Waals surface area contributed by atoms with Gasteiger partial charge in [-0.15, -0.1) is 0 Å². The summed E-state index contributed by atoms with van der Waals surface area (Å²) in [6, 6.07) is 14.4. The molecule has 0 spiro atoms. The monoisotopic (exact) mass is 450 g/mol. The minimum Gasteiger partial charge on any atom is -0.351 e. The second-order valence-corrected chi connectivity index (χ2v) is 8.12. The van der Waals surface area contributed by atoms with Crippen LogP contribution in [0.3, 0.4) is 0 Å². The molecule has 3 aromatic rings. The van der Waals surface area contributed by atoms with Crippen molar-refractivity contribution in [3.8, 4) is 11.5 Å². The van der Waals surface area contributed by atoms with Crippen LogP contribution in [0.25, 0.3) is 11.5 Å². The average molecular weight is 451 g/mol. The first-order valence-electron chi connectivity index (χ1n) is 10.8. The molecule has 3 amide bonds. The third kappa shape index (κ3) is 7.15. The SMILES string of the molecule is Cc1ccc(NC(=O)N(C)CCc2noc(-c3ccc(C(=O)NCCN(C)C)cc3)n2)cc1. The number of anilines is 1. The first-order valence-corrected chi connectivity index (χ1v) is 10.8. The van der Waals surface area contributed by atoms with Gasteiger partial charge in [0.25, 0.3) is 11.8 Å². The Hall–Kier alpha value is -3.72. The van der Waals surface area contributed by atoms with Crippen molar-refractivity contribution in [1.29, 1.82) is 0 Å². The van der Waals surface area contributed by atoms with Crippen LogP contribution in [-0.4, -0.2) is 72.7 Å². The van der Waals surface area contributed by atoms with Gasteiger partial charge < -0.3 is 25.0 Å². The number of urea groups is 1. The standard InChI is InChI=1S/C24H30N6O3/c1-17-5-11-20(12-6-17)26-24(32)30(4)15-13-21-27-23(33-28-21)19-9-7-18(8-10-19)22(31)25-14-16-29(2)3/h5-12H,13-16H2,1-4H3,(H,25,31)(H,26,32). The van der Waals surface area contributed by atoms with Crippen molar-refractivity contribution in [2.24, 2.45) is 0 Å². The van der Waals surface area contributed by atoms with E-state index in [4.69, 9.17) is 4.52 Å². The van der Waals surface area contributed by atoms with Crippen molar-refractivity contribution in [3.63, 3.8) is 0 Å². The molecular weight excluding hydrogens is 420 g/mol. The maximum Gasteiger partial charge on any atom is 0.321 e. The highest BCUT2D eigenvalue weighted by Crippen LogP contribution is 2.18. The van der Waals surface area contributed by atoms with Gasteiger partial charge in [-0.25, -0.2) is 4.79 Å². The van der Waals surface area contributed by atoms with Crippen LogP contribution in [0.4, 0.5) is 10.5 Å². The molecule has 0 aliphatic carbocycles. The third-order valence-electron chi connectivity index (χ3n) is 5.03. The van der Waals surface area contributed by atoms with E-state index in [0.29, 0.717) is 36.8 Å². The Kier molecular flexibility index (Phi) is 8.15. The van der Waals surface area contributed by atoms with Crippen LogP contribution < -0.4 is 10.6 Å². The number of aryl methyl sites for hydroxylation is 1. The first kappa shape index (κ1) is 23.9. The fraction of sp³-hybridized carbons (Fsp3) is 0.333. The molecule has 0 bridgehead atoms. The number of nitrogens with one attached hydrogen (secondary N) is 2. The lowest BCUT2D eigenvalue weighted by Gasteiger charge is -2.17. The van der Waals surface area contributed by atoms with Gasteiger partial charge in [-0.1, -0.05) is 22.9 Å². The van der Waals surface area contributed by atoms with E-state index >= 15 is 0 Å². The lowest BCUT2D eigenvalue weighted by Crippen LogP contribution is -2.33. The molecule has 0 fully saturated rings. The van der Waals surface area contributed by atoms with E-state index in [-0.39, 0.29) is 11.9 Å². The zero-order valence-electron chi connectivity index (χ0n) is 19.5. The highest BCUT2D eigenvalue weighted by molar-refractivity contribution is 5.94. The maximum atomic E-state index is 12.3. The quantitative estimate of drug-likeness (QED) is 0.519. The summed E-state index contributed by atoms with van der Waals surface area (Å²) in [5.74, 6) is 0.753. The van der Waals surface area contributed by atoms with Crippen molar-refractivity contribution in [3.05, 3.63) is 65.5 Å². The first-order chi connectivity index (χ1) is 15.8. The minimum atomic E-state index is -0.206. The smallest absolute Gasteiger partial charge is 0.321 e. The Balaban J connectivity index is 1.50. The van der Waals surface area contributed by atoms with Crippen LogP contribution in [-0.2, 0) is 6.42 Å². The number of benzene rings is 2. The number of carbonyl (C=O) groups is 2. The molecule has 1 heterocycles. The number of rotatable bonds is 9. The molecule has 3 rings (SSSR count). The summed E-state index contributed by atoms with van der Waals surface area (Å²) >= 11 is 0. The minimum absolute atomic E-state index is 0.124. The van der Waals surface area contributed by atoms with Gasteiger partial charge in [0.2, 0.25) is 0 Å². The summed E-state index contributed by atoms with van der Waals surface area (Å²) < 4.78 is 5.36. The number of aromatic nitrogens is 2. The summed E-state index contributed by atoms with van der Waals surface area (Å²) in [5.41, 5.74) is 3.17. The normalized spacial score (nSPS) is 10.8. The average Bonchev–Trinajstić information content (AvgIpc) is 3.28. The predicted octanol–water partition coefficient (Wildman–Crippen LogP) is 3.04. The van der Waals surface area contributed by atoms with E-state index < -0.39 is 0 Å². The molecule has 9 heteroatoms. The van der Waals surface area contributed by atoms with Gasteiger partial charge in [0.05, 0.1) is 0 Å². The Bertz CT molecular complexity index is 1060. The van der Waals surface area contributed by atoms with Crippen LogP contribution in [0.2, 0.25) is 0 Å². The molecule has 0 aliphatic heterocycles. The Morgan fingerprint density at radius 2 is 1.67 bits per heavy atom. The van der Waals surface area contributed by atoms with Gasteiger partial charge >= 0.3 is 6.03 Å². The molecule has 0 aliphatic rings. The lowest BCUT2D eigenvalue weighted by molar-refractivity contribution is 0.0951. The van der Waals surface area contributed by atoms with E-state index in [1.807, 2.05) is 50.2 Å². The van der Waals surface area contributed by atoms with E-state index in [9.17, 15) is 9.59 Å². The largest absolute Gasteiger partial charge is 0.351 e. The molecule has 2 aromatic carbocycles. The summed E-state index contributed by atoms with van der Waals surface area (Å²) in [6.45, 7) is 3.79. The molecule has 1 aromatic heterocycles. The third-order valence-corrected chi connectivity index (χ3v) is 5.03. The van der Waals surface area contributed by atoms with Gasteiger partial charge in [0.1, 0.15) is 0 Å². The zero-order chi connectivity index (χ0) is 23.8. The number of likely N-dealkylation sites (N-methyl/N-ethyl adjacent to an activating group) is 2. The van der Waals surface area contributed by atoms with Gasteiger partial charge in [-0.2, -0.15) is 4.98 Å². The lowest BCUT2D eigenvalue weighted by atomic mass is 10.1. The number of amides is 3. The van der Waals surface area contributed by atoms with Crippen LogP contribution >= 0.6 is 0 Å². The number of carbonyl (C=O) groups excluding carboxylic acids is 2. The van der Waals surface area contributed by atoms with Crippen molar-refractivity contribution in [1.82, 2.24) is 25.3 Å². The number of hydrogen-bond acceptors (Lipinski definition) is 6. The Labute approximate surface area is 193 Å². The molecule has 0 unspecified atom stereocenters. The van der Waals surface area contributed by atoms with Crippen molar-refractivity contribution in [2.45, 2.75) is 13.3 Å². The molecule has 0 atom stereocenters. The van der Waals surface area contributed by atoms with Crippen LogP contribution in [0.5, 0.6) is 0 Å². The molecular formula is C24H30N6O3. The second-order valence-electron chi connectivity index (χ2n) is 8.12. The number of nitrogens with zero attached hydrogens (tertiary/aromatic N) is 4. The number of hydrogen-bond donors (Lipinski definition) is 2. The molecule has 174 valence electrons. The maximum absolute atomic E-state index is 12.3. The summed E-state index contributed by atoms with van der Waals surface area (Å²) in [6.07, 6.45) is 0.452. The highest BCUT2D eigenvalue weighted by atomic mass is 16.5. The van der Waals surface area contributed by atoms with Crippen molar-refractivity contribution in [2.75, 3.05) is 46.1 Å². The summed E-state index contributed by atoms with van der Waals surface area (Å²) in [7, 11) is 5.63. The predicted molar refractivity (Wildman–Crippen MR) is 127 cm³/mol. The van der Waals surface area contributed by atoms with Gasteiger partial charge in [-0.05, 0) is 57.4 Å². The molecule has 0 saturated heterocycles. The molecule has 0 radical (unpaired) electrons. The topological polar surface area (TPSA) is 104 Å². The molecule has 0 saturated carbocycles. The zero-order valence-corrected chi connectivity index (χ0v) is 19.5. The van der Waals surface area contributed by atoms with Crippen LogP contribution in [0.1, 0.15) is 21.7 Å². The second kappa shape index (κ2) is 11.2. The molecule has 9 nitrogen and oxygen atoms in total. The van der Waals surface area contributed by atoms with E-state index in [0.717, 1.165) is 23.4 Å². The van der Waals surface area contributed by atoms with Crippen LogP contribution in [0.15, 0.2) is 53.1 Å². The summed E-state index contributed by atoms with van der Waals surface area (Å²) in [4.78, 5) is 32.5. The van der Waals surface area contributed by atoms with Gasteiger partial charge in [-0.3, -0.25) is 4.79 Å². The molecule has 33 heavy (non-hydrogen) atoms.